The molecule has 3 rings (SSSR count). The summed E-state index contributed by atoms with van der Waals surface area (Å²) >= 11 is 0. The van der Waals surface area contributed by atoms with E-state index in [-0.39, 0.29) is 5.91 Å². The number of hydrogen-bond acceptors (Lipinski definition) is 3. The molecule has 0 aromatic heterocycles. The van der Waals surface area contributed by atoms with Crippen molar-refractivity contribution in [3.63, 3.8) is 0 Å². The summed E-state index contributed by atoms with van der Waals surface area (Å²) in [5.41, 5.74) is 9.08. The van der Waals surface area contributed by atoms with Crippen molar-refractivity contribution in [2.24, 2.45) is 5.92 Å². The van der Waals surface area contributed by atoms with Crippen molar-refractivity contribution < 1.29 is 4.79 Å². The van der Waals surface area contributed by atoms with Crippen LogP contribution < -0.4 is 16.0 Å². The van der Waals surface area contributed by atoms with Crippen LogP contribution in [0.5, 0.6) is 0 Å². The quantitative estimate of drug-likeness (QED) is 0.783. The standard InChI is InChI=1S/C14H19N3O/c15-12-3-1-2-11-6-7-17(14(11)12)9-13(18)16-8-10-4-5-10/h1-3,10H,4-9,15H2,(H,16,18). The van der Waals surface area contributed by atoms with E-state index in [1.165, 1.54) is 18.4 Å². The second-order valence-corrected chi connectivity index (χ2v) is 5.27. The molecule has 0 radical (unpaired) electrons. The molecule has 1 aliphatic heterocycles. The minimum Gasteiger partial charge on any atom is -0.397 e. The van der Waals surface area contributed by atoms with Crippen LogP contribution in [0.2, 0.25) is 0 Å². The number of nitrogens with two attached hydrogens (primary N) is 1. The van der Waals surface area contributed by atoms with Gasteiger partial charge in [0.05, 0.1) is 17.9 Å². The van der Waals surface area contributed by atoms with Gasteiger partial charge in [-0.05, 0) is 36.8 Å². The van der Waals surface area contributed by atoms with E-state index in [0.717, 1.165) is 36.8 Å². The maximum Gasteiger partial charge on any atom is 0.239 e. The van der Waals surface area contributed by atoms with Crippen molar-refractivity contribution in [1.82, 2.24) is 5.32 Å². The molecular weight excluding hydrogens is 226 g/mol. The summed E-state index contributed by atoms with van der Waals surface area (Å²) in [6.07, 6.45) is 3.51. The average Bonchev–Trinajstić information content (AvgIpc) is 3.09. The molecule has 96 valence electrons. The van der Waals surface area contributed by atoms with Gasteiger partial charge in [0.2, 0.25) is 5.91 Å². The lowest BCUT2D eigenvalue weighted by molar-refractivity contribution is -0.119. The number of anilines is 2. The Kier molecular flexibility index (Phi) is 2.86. The number of fused-ring (bicyclic) bond motifs is 1. The number of nitrogens with one attached hydrogen (secondary N) is 1. The number of benzene rings is 1. The highest BCUT2D eigenvalue weighted by Crippen LogP contribution is 2.33. The van der Waals surface area contributed by atoms with Crippen LogP contribution in [0, 0.1) is 5.92 Å². The van der Waals surface area contributed by atoms with Gasteiger partial charge >= 0.3 is 0 Å². The predicted octanol–water partition coefficient (Wildman–Crippen LogP) is 1.16. The van der Waals surface area contributed by atoms with E-state index in [2.05, 4.69) is 16.3 Å². The zero-order valence-corrected chi connectivity index (χ0v) is 10.5. The molecule has 0 atom stereocenters. The fourth-order valence-electron chi connectivity index (χ4n) is 2.53. The molecule has 1 aromatic rings. The zero-order valence-electron chi connectivity index (χ0n) is 10.5. The van der Waals surface area contributed by atoms with E-state index in [0.29, 0.717) is 6.54 Å². The summed E-state index contributed by atoms with van der Waals surface area (Å²) in [4.78, 5) is 13.9. The maximum atomic E-state index is 11.9. The Morgan fingerprint density at radius 2 is 2.28 bits per heavy atom. The van der Waals surface area contributed by atoms with Gasteiger partial charge in [0.25, 0.3) is 0 Å². The molecule has 0 spiro atoms. The third-order valence-electron chi connectivity index (χ3n) is 3.74. The molecule has 0 bridgehead atoms. The number of amides is 1. The van der Waals surface area contributed by atoms with Crippen molar-refractivity contribution in [2.45, 2.75) is 19.3 Å². The SMILES string of the molecule is Nc1cccc2c1N(CC(=O)NCC1CC1)CC2. The third kappa shape index (κ3) is 2.28. The van der Waals surface area contributed by atoms with Gasteiger partial charge in [0.15, 0.2) is 0 Å². The third-order valence-corrected chi connectivity index (χ3v) is 3.74. The zero-order chi connectivity index (χ0) is 12.5. The lowest BCUT2D eigenvalue weighted by Gasteiger charge is -2.20. The Labute approximate surface area is 107 Å². The summed E-state index contributed by atoms with van der Waals surface area (Å²) in [7, 11) is 0. The molecule has 4 nitrogen and oxygen atoms in total. The largest absolute Gasteiger partial charge is 0.397 e. The number of carbonyl (C=O) groups excluding carboxylic acids is 1. The first-order chi connectivity index (χ1) is 8.74. The molecule has 1 saturated carbocycles. The molecule has 4 heteroatoms. The number of para-hydroxylation sites is 1. The van der Waals surface area contributed by atoms with Gasteiger partial charge in [0, 0.05) is 13.1 Å². The van der Waals surface area contributed by atoms with E-state index < -0.39 is 0 Å². The van der Waals surface area contributed by atoms with Crippen LogP contribution in [0.1, 0.15) is 18.4 Å². The molecular formula is C14H19N3O. The molecule has 0 saturated heterocycles. The second kappa shape index (κ2) is 4.52. The van der Waals surface area contributed by atoms with E-state index in [9.17, 15) is 4.79 Å². The van der Waals surface area contributed by atoms with E-state index >= 15 is 0 Å². The van der Waals surface area contributed by atoms with Crippen molar-refractivity contribution in [3.05, 3.63) is 23.8 Å². The van der Waals surface area contributed by atoms with Crippen molar-refractivity contribution in [3.8, 4) is 0 Å². The van der Waals surface area contributed by atoms with Crippen LogP contribution in [0.4, 0.5) is 11.4 Å². The Morgan fingerprint density at radius 1 is 1.44 bits per heavy atom. The summed E-state index contributed by atoms with van der Waals surface area (Å²) in [5.74, 6) is 0.836. The summed E-state index contributed by atoms with van der Waals surface area (Å²) in [6.45, 7) is 2.15. The summed E-state index contributed by atoms with van der Waals surface area (Å²) < 4.78 is 0. The van der Waals surface area contributed by atoms with Crippen LogP contribution in [0.25, 0.3) is 0 Å². The van der Waals surface area contributed by atoms with Crippen LogP contribution >= 0.6 is 0 Å². The summed E-state index contributed by atoms with van der Waals surface area (Å²) in [6, 6.07) is 5.97. The smallest absolute Gasteiger partial charge is 0.239 e. The first-order valence-electron chi connectivity index (χ1n) is 6.63. The first kappa shape index (κ1) is 11.4. The van der Waals surface area contributed by atoms with Crippen molar-refractivity contribution in [1.29, 1.82) is 0 Å². The highest BCUT2D eigenvalue weighted by Gasteiger charge is 2.25. The van der Waals surface area contributed by atoms with E-state index in [1.54, 1.807) is 0 Å². The fraction of sp³-hybridized carbons (Fsp3) is 0.500. The number of carbonyl (C=O) groups is 1. The van der Waals surface area contributed by atoms with Gasteiger partial charge in [-0.2, -0.15) is 0 Å². The number of nitrogens with zero attached hydrogens (tertiary/aromatic N) is 1. The van der Waals surface area contributed by atoms with E-state index in [4.69, 9.17) is 5.73 Å². The molecule has 0 unspecified atom stereocenters. The van der Waals surface area contributed by atoms with Gasteiger partial charge in [-0.15, -0.1) is 0 Å². The monoisotopic (exact) mass is 245 g/mol. The average molecular weight is 245 g/mol. The molecule has 1 fully saturated rings. The van der Waals surface area contributed by atoms with Crippen LogP contribution in [0.15, 0.2) is 18.2 Å². The molecule has 18 heavy (non-hydrogen) atoms. The molecule has 1 heterocycles. The lowest BCUT2D eigenvalue weighted by atomic mass is 10.1. The Morgan fingerprint density at radius 3 is 3.06 bits per heavy atom. The Bertz CT molecular complexity index is 468. The highest BCUT2D eigenvalue weighted by molar-refractivity contribution is 5.85. The number of rotatable bonds is 4. The van der Waals surface area contributed by atoms with Gasteiger partial charge in [-0.3, -0.25) is 4.79 Å². The minimum atomic E-state index is 0.109. The molecule has 1 amide bonds. The maximum absolute atomic E-state index is 11.9. The molecule has 3 N–H and O–H groups in total. The topological polar surface area (TPSA) is 58.4 Å². The lowest BCUT2D eigenvalue weighted by Crippen LogP contribution is -2.37. The van der Waals surface area contributed by atoms with E-state index in [1.807, 2.05) is 12.1 Å². The van der Waals surface area contributed by atoms with Gasteiger partial charge in [0.1, 0.15) is 0 Å². The first-order valence-corrected chi connectivity index (χ1v) is 6.63. The van der Waals surface area contributed by atoms with Crippen molar-refractivity contribution in [2.75, 3.05) is 30.3 Å². The van der Waals surface area contributed by atoms with Crippen LogP contribution in [0.3, 0.4) is 0 Å². The van der Waals surface area contributed by atoms with Gasteiger partial charge in [-0.25, -0.2) is 0 Å². The predicted molar refractivity (Wildman–Crippen MR) is 72.5 cm³/mol. The van der Waals surface area contributed by atoms with Crippen LogP contribution in [-0.2, 0) is 11.2 Å². The fourth-order valence-corrected chi connectivity index (χ4v) is 2.53. The number of nitrogen functional groups attached to an aromatic ring is 1. The van der Waals surface area contributed by atoms with Crippen LogP contribution in [-0.4, -0.2) is 25.5 Å². The molecule has 1 aliphatic carbocycles. The Balaban J connectivity index is 1.62. The van der Waals surface area contributed by atoms with Gasteiger partial charge < -0.3 is 16.0 Å². The number of hydrogen-bond donors (Lipinski definition) is 2. The molecule has 1 aromatic carbocycles. The normalized spacial score (nSPS) is 17.7. The Hall–Kier alpha value is -1.71. The van der Waals surface area contributed by atoms with Gasteiger partial charge in [-0.1, -0.05) is 12.1 Å². The van der Waals surface area contributed by atoms with Crippen molar-refractivity contribution >= 4 is 17.3 Å². The summed E-state index contributed by atoms with van der Waals surface area (Å²) in [5, 5.41) is 3.00. The minimum absolute atomic E-state index is 0.109. The molecule has 2 aliphatic rings. The highest BCUT2D eigenvalue weighted by atomic mass is 16.2. The second-order valence-electron chi connectivity index (χ2n) is 5.27.